The summed E-state index contributed by atoms with van der Waals surface area (Å²) in [7, 11) is 0. The first-order valence-corrected chi connectivity index (χ1v) is 7.80. The number of hydrogen-bond acceptors (Lipinski definition) is 4. The summed E-state index contributed by atoms with van der Waals surface area (Å²) in [5.41, 5.74) is 0.0299. The molecule has 0 radical (unpaired) electrons. The van der Waals surface area contributed by atoms with E-state index < -0.39 is 17.6 Å². The van der Waals surface area contributed by atoms with Crippen LogP contribution in [0.3, 0.4) is 0 Å². The van der Waals surface area contributed by atoms with Crippen molar-refractivity contribution >= 4 is 29.0 Å². The summed E-state index contributed by atoms with van der Waals surface area (Å²) in [5, 5.41) is 5.95. The van der Waals surface area contributed by atoms with E-state index in [0.717, 1.165) is 18.8 Å². The Kier molecular flexibility index (Phi) is 3.52. The largest absolute Gasteiger partial charge is 0.417 e. The first-order chi connectivity index (χ1) is 11.9. The van der Waals surface area contributed by atoms with Crippen LogP contribution in [0.1, 0.15) is 24.0 Å². The number of carbonyl (C=O) groups is 1. The lowest BCUT2D eigenvalue weighted by Crippen LogP contribution is -2.37. The smallest absolute Gasteiger partial charge is 0.355 e. The third kappa shape index (κ3) is 3.21. The number of pyridine rings is 1. The second-order valence-electron chi connectivity index (χ2n) is 6.13. The Hall–Kier alpha value is -2.84. The van der Waals surface area contributed by atoms with Gasteiger partial charge in [-0.15, -0.1) is 0 Å². The fourth-order valence-electron chi connectivity index (χ4n) is 2.56. The first kappa shape index (κ1) is 15.7. The van der Waals surface area contributed by atoms with Crippen LogP contribution in [0.15, 0.2) is 29.1 Å². The molecule has 1 saturated carbocycles. The molecule has 0 unspecified atom stereocenters. The second kappa shape index (κ2) is 5.61. The lowest BCUT2D eigenvalue weighted by molar-refractivity contribution is -0.137. The molecule has 2 aromatic heterocycles. The van der Waals surface area contributed by atoms with E-state index in [1.54, 1.807) is 0 Å². The first-order valence-electron chi connectivity index (χ1n) is 7.80. The Morgan fingerprint density at radius 2 is 2.16 bits per heavy atom. The molecule has 2 aliphatic rings. The van der Waals surface area contributed by atoms with Crippen LogP contribution in [-0.4, -0.2) is 28.4 Å². The van der Waals surface area contributed by atoms with E-state index in [1.807, 2.05) is 0 Å². The van der Waals surface area contributed by atoms with Crippen LogP contribution in [0.4, 0.5) is 13.2 Å². The summed E-state index contributed by atoms with van der Waals surface area (Å²) in [4.78, 5) is 22.7. The highest BCUT2D eigenvalue weighted by Gasteiger charge is 2.31. The minimum Gasteiger partial charge on any atom is -0.355 e. The third-order valence-corrected chi connectivity index (χ3v) is 4.13. The molecule has 6 nitrogen and oxygen atoms in total. The topological polar surface area (TPSA) is 82.2 Å². The van der Waals surface area contributed by atoms with Crippen molar-refractivity contribution < 1.29 is 18.0 Å². The number of carbonyl (C=O) groups excluding carboxylic acids is 1. The van der Waals surface area contributed by atoms with Crippen molar-refractivity contribution in [1.82, 2.24) is 20.6 Å². The van der Waals surface area contributed by atoms with E-state index >= 15 is 0 Å². The van der Waals surface area contributed by atoms with Gasteiger partial charge in [0, 0.05) is 29.9 Å². The number of aromatic nitrogens is 2. The molecular formula is C16H14F3N5O. The average Bonchev–Trinajstić information content (AvgIpc) is 3.21. The monoisotopic (exact) mass is 349 g/mol. The van der Waals surface area contributed by atoms with Gasteiger partial charge in [0.1, 0.15) is 11.3 Å². The number of hydrogen-bond donors (Lipinski definition) is 3. The van der Waals surface area contributed by atoms with Crippen molar-refractivity contribution in [3.05, 3.63) is 35.3 Å². The molecule has 25 heavy (non-hydrogen) atoms. The van der Waals surface area contributed by atoms with Gasteiger partial charge in [0.2, 0.25) is 5.96 Å². The lowest BCUT2D eigenvalue weighted by Gasteiger charge is -2.05. The summed E-state index contributed by atoms with van der Waals surface area (Å²) in [6.45, 7) is 0.748. The van der Waals surface area contributed by atoms with Gasteiger partial charge < -0.3 is 10.3 Å². The molecule has 1 fully saturated rings. The van der Waals surface area contributed by atoms with Gasteiger partial charge in [0.05, 0.1) is 5.56 Å². The van der Waals surface area contributed by atoms with Crippen LogP contribution >= 0.6 is 0 Å². The number of aliphatic imine (C=N–C) groups is 1. The molecule has 0 saturated heterocycles. The van der Waals surface area contributed by atoms with Crippen LogP contribution in [-0.2, 0) is 11.0 Å². The highest BCUT2D eigenvalue weighted by atomic mass is 19.4. The fraction of sp³-hybridized carbons (Fsp3) is 0.312. The van der Waals surface area contributed by atoms with Crippen molar-refractivity contribution in [3.63, 3.8) is 0 Å². The second-order valence-corrected chi connectivity index (χ2v) is 6.13. The van der Waals surface area contributed by atoms with Crippen molar-refractivity contribution in [1.29, 1.82) is 0 Å². The minimum atomic E-state index is -4.48. The van der Waals surface area contributed by atoms with Crippen molar-refractivity contribution in [2.45, 2.75) is 19.0 Å². The van der Waals surface area contributed by atoms with Gasteiger partial charge in [-0.05, 0) is 30.9 Å². The Bertz CT molecular complexity index is 908. The van der Waals surface area contributed by atoms with Crippen LogP contribution in [0.5, 0.6) is 0 Å². The van der Waals surface area contributed by atoms with Crippen LogP contribution in [0, 0.1) is 5.92 Å². The number of halogens is 3. The summed E-state index contributed by atoms with van der Waals surface area (Å²) < 4.78 is 38.6. The summed E-state index contributed by atoms with van der Waals surface area (Å²) in [6.07, 6.45) is 1.58. The van der Waals surface area contributed by atoms with E-state index in [0.29, 0.717) is 23.1 Å². The van der Waals surface area contributed by atoms with Crippen LogP contribution < -0.4 is 10.6 Å². The molecule has 2 aromatic rings. The average molecular weight is 349 g/mol. The molecule has 3 heterocycles. The van der Waals surface area contributed by atoms with Gasteiger partial charge in [-0.25, -0.2) is 9.98 Å². The molecule has 130 valence electrons. The predicted octanol–water partition coefficient (Wildman–Crippen LogP) is 2.41. The molecule has 0 aromatic carbocycles. The van der Waals surface area contributed by atoms with Gasteiger partial charge in [-0.3, -0.25) is 10.1 Å². The Morgan fingerprint density at radius 3 is 2.88 bits per heavy atom. The molecule has 0 atom stereocenters. The zero-order valence-corrected chi connectivity index (χ0v) is 12.9. The maximum Gasteiger partial charge on any atom is 0.417 e. The highest BCUT2D eigenvalue weighted by molar-refractivity contribution is 6.14. The van der Waals surface area contributed by atoms with Gasteiger partial charge in [-0.1, -0.05) is 0 Å². The number of nitrogens with zero attached hydrogens (tertiary/aromatic N) is 2. The van der Waals surface area contributed by atoms with Crippen LogP contribution in [0.2, 0.25) is 0 Å². The zero-order valence-electron chi connectivity index (χ0n) is 12.9. The number of guanidine groups is 1. The van der Waals surface area contributed by atoms with Crippen molar-refractivity contribution in [2.75, 3.05) is 6.54 Å². The number of nitrogens with one attached hydrogen (secondary N) is 3. The lowest BCUT2D eigenvalue weighted by atomic mass is 10.1. The van der Waals surface area contributed by atoms with Gasteiger partial charge >= 0.3 is 6.18 Å². The molecule has 4 rings (SSSR count). The maximum atomic E-state index is 12.9. The summed E-state index contributed by atoms with van der Waals surface area (Å²) >= 11 is 0. The Balaban J connectivity index is 1.64. The number of fused-ring (bicyclic) bond motifs is 1. The van der Waals surface area contributed by atoms with Gasteiger partial charge in [-0.2, -0.15) is 13.2 Å². The van der Waals surface area contributed by atoms with E-state index in [2.05, 4.69) is 25.6 Å². The molecule has 1 aliphatic carbocycles. The third-order valence-electron chi connectivity index (χ3n) is 4.13. The normalized spacial score (nSPS) is 19.4. The van der Waals surface area contributed by atoms with Gasteiger partial charge in [0.25, 0.3) is 5.91 Å². The Morgan fingerprint density at radius 1 is 1.36 bits per heavy atom. The number of rotatable bonds is 3. The molecular weight excluding hydrogens is 335 g/mol. The van der Waals surface area contributed by atoms with E-state index in [1.165, 1.54) is 25.1 Å². The summed E-state index contributed by atoms with van der Waals surface area (Å²) in [6, 6.07) is 1.01. The molecule has 0 spiro atoms. The number of aromatic amines is 1. The number of H-pyrrole nitrogens is 1. The minimum absolute atomic E-state index is 0.136. The van der Waals surface area contributed by atoms with Crippen molar-refractivity contribution in [2.24, 2.45) is 10.9 Å². The molecule has 9 heteroatoms. The molecule has 1 amide bonds. The highest BCUT2D eigenvalue weighted by Crippen LogP contribution is 2.32. The quantitative estimate of drug-likeness (QED) is 0.744. The molecule has 3 N–H and O–H groups in total. The maximum absolute atomic E-state index is 12.9. The van der Waals surface area contributed by atoms with E-state index in [9.17, 15) is 18.0 Å². The zero-order chi connectivity index (χ0) is 17.6. The van der Waals surface area contributed by atoms with Crippen molar-refractivity contribution in [3.8, 4) is 0 Å². The van der Waals surface area contributed by atoms with E-state index in [4.69, 9.17) is 0 Å². The molecule has 0 bridgehead atoms. The summed E-state index contributed by atoms with van der Waals surface area (Å²) in [5.74, 6) is 0.595. The number of amides is 1. The van der Waals surface area contributed by atoms with E-state index in [-0.39, 0.29) is 11.1 Å². The predicted molar refractivity (Wildman–Crippen MR) is 85.4 cm³/mol. The Labute approximate surface area is 140 Å². The SMILES string of the molecule is O=C1NC(NCC2CC2)=NC1=Cc1c[nH]c2ncc(C(F)(F)F)cc12. The number of alkyl halides is 3. The molecule has 1 aliphatic heterocycles. The standard InChI is InChI=1S/C16H14F3N5O/c17-16(18,19)10-4-11-9(6-20-13(11)21-7-10)3-12-14(25)24-15(23-12)22-5-8-1-2-8/h3-4,6-8H,1-2,5H2,(H,20,21)(H2,22,23,24,25). The fourth-order valence-corrected chi connectivity index (χ4v) is 2.56. The van der Waals surface area contributed by atoms with Gasteiger partial charge in [0.15, 0.2) is 0 Å². The van der Waals surface area contributed by atoms with Crippen LogP contribution in [0.25, 0.3) is 17.1 Å².